The maximum atomic E-state index is 10.9. The van der Waals surface area contributed by atoms with Crippen LogP contribution in [-0.2, 0) is 10.8 Å². The van der Waals surface area contributed by atoms with Gasteiger partial charge in [0.2, 0.25) is 0 Å². The SMILES string of the molecule is [2H]c1c([2H])c([2H])c2c(c1[2H])c1c([2H])c([2H])c([2H])c([2H])c1n2-c1ccc2c(c1)N(c1c(-c3ccccc3)cc(-c3ccccc3)cc1-c1ccccc1)c1cc(-n3c4c([2H])c([2H])c([2H])c([2H])c4c4c([2H])c(C#N)c([2H])c([2H])c43)cc3c1B2c1cc(-c2cc(C(C)(C)C)cc(C(C)(C)C)c2)cc2c4ccccc4c4ccccc4c4ccccc4n-3c12. The zero-order valence-electron chi connectivity index (χ0n) is 73.3. The van der Waals surface area contributed by atoms with E-state index >= 15 is 0 Å². The zero-order chi connectivity index (χ0) is 83.6. The van der Waals surface area contributed by atoms with Crippen molar-refractivity contribution in [2.24, 2.45) is 0 Å². The van der Waals surface area contributed by atoms with Crippen molar-refractivity contribution >= 4 is 127 Å². The quantitative estimate of drug-likeness (QED) is 0.149. The molecule has 5 nitrogen and oxygen atoms in total. The Labute approximate surface area is 632 Å². The number of fused-ring (bicyclic) bond motifs is 17. The fourth-order valence-electron chi connectivity index (χ4n) is 16.5. The first-order valence-electron chi connectivity index (χ1n) is 42.9. The van der Waals surface area contributed by atoms with Gasteiger partial charge in [0.05, 0.1) is 71.2 Å². The van der Waals surface area contributed by atoms with Gasteiger partial charge in [0.1, 0.15) is 0 Å². The molecule has 0 aliphatic carbocycles. The Bertz CT molecular complexity index is 7600. The summed E-state index contributed by atoms with van der Waals surface area (Å²) in [6.07, 6.45) is 0. The fourth-order valence-corrected chi connectivity index (χ4v) is 16.5. The molecule has 2 aliphatic rings. The molecule has 0 amide bonds. The molecule has 0 fully saturated rings. The highest BCUT2D eigenvalue weighted by Crippen LogP contribution is 2.53. The molecule has 0 spiro atoms. The van der Waals surface area contributed by atoms with Crippen molar-refractivity contribution in [2.45, 2.75) is 52.4 Å². The molecule has 0 saturated carbocycles. The average Bonchev–Trinajstić information content (AvgIpc) is 1.13. The molecule has 0 N–H and O–H groups in total. The van der Waals surface area contributed by atoms with Gasteiger partial charge in [0.15, 0.2) is 0 Å². The summed E-state index contributed by atoms with van der Waals surface area (Å²) in [6.45, 7) is 12.5. The molecule has 2 aliphatic heterocycles. The van der Waals surface area contributed by atoms with Crippen LogP contribution >= 0.6 is 0 Å². The number of anilines is 3. The lowest BCUT2D eigenvalue weighted by Gasteiger charge is -2.43. The van der Waals surface area contributed by atoms with E-state index in [2.05, 4.69) is 184 Å². The normalized spacial score (nSPS) is 14.6. The molecule has 0 radical (unpaired) electrons. The number of para-hydroxylation sites is 4. The van der Waals surface area contributed by atoms with Crippen LogP contribution in [0, 0.1) is 11.3 Å². The number of nitriles is 1. The number of rotatable bonds is 7. The first kappa shape index (κ1) is 48.0. The van der Waals surface area contributed by atoms with Crippen molar-refractivity contribution in [3.05, 3.63) is 344 Å². The van der Waals surface area contributed by atoms with Crippen molar-refractivity contribution in [3.8, 4) is 67.6 Å². The minimum absolute atomic E-state index is 0.0921. The van der Waals surface area contributed by atoms with Gasteiger partial charge in [0, 0.05) is 71.7 Å². The fraction of sp³-hybridized carbons (Fsp3) is 0.0808. The number of nitrogens with zero attached hydrogens (tertiary/aromatic N) is 5. The third-order valence-electron chi connectivity index (χ3n) is 21.4. The molecule has 496 valence electrons. The Balaban J connectivity index is 1.09. The molecule has 0 bridgehead atoms. The van der Waals surface area contributed by atoms with Crippen LogP contribution in [-0.4, -0.2) is 20.4 Å². The van der Waals surface area contributed by atoms with E-state index in [1.807, 2.05) is 109 Å². The summed E-state index contributed by atoms with van der Waals surface area (Å²) >= 11 is 0. The Morgan fingerprint density at radius 1 is 0.333 bits per heavy atom. The number of aromatic nitrogens is 3. The Morgan fingerprint density at radius 2 is 0.790 bits per heavy atom. The summed E-state index contributed by atoms with van der Waals surface area (Å²) in [4.78, 5) is 2.20. The van der Waals surface area contributed by atoms with Crippen molar-refractivity contribution < 1.29 is 20.6 Å². The minimum atomic E-state index is -0.846. The van der Waals surface area contributed by atoms with Gasteiger partial charge >= 0.3 is 0 Å². The van der Waals surface area contributed by atoms with Gasteiger partial charge in [-0.05, 0) is 178 Å². The molecule has 0 atom stereocenters. The molecule has 5 heterocycles. The van der Waals surface area contributed by atoms with E-state index in [4.69, 9.17) is 0 Å². The van der Waals surface area contributed by atoms with Gasteiger partial charge < -0.3 is 18.6 Å². The highest BCUT2D eigenvalue weighted by Gasteiger charge is 2.44. The van der Waals surface area contributed by atoms with Gasteiger partial charge in [-0.1, -0.05) is 284 Å². The van der Waals surface area contributed by atoms with Gasteiger partial charge in [0.25, 0.3) is 6.71 Å². The Hall–Kier alpha value is -12.9. The zero-order valence-corrected chi connectivity index (χ0v) is 58.3. The van der Waals surface area contributed by atoms with Gasteiger partial charge in [-0.25, -0.2) is 0 Å². The predicted molar refractivity (Wildman–Crippen MR) is 445 cm³/mol. The lowest BCUT2D eigenvalue weighted by atomic mass is 9.33. The van der Waals surface area contributed by atoms with Crippen LogP contribution in [0.25, 0.3) is 149 Å². The number of hydrogen-bond donors (Lipinski definition) is 0. The highest BCUT2D eigenvalue weighted by molar-refractivity contribution is 7.00. The van der Waals surface area contributed by atoms with E-state index in [1.54, 1.807) is 9.13 Å². The molecule has 0 saturated heterocycles. The topological polar surface area (TPSA) is 41.8 Å². The lowest BCUT2D eigenvalue weighted by Crippen LogP contribution is -2.60. The second kappa shape index (κ2) is 23.6. The van der Waals surface area contributed by atoms with Crippen LogP contribution in [0.4, 0.5) is 17.1 Å². The summed E-state index contributed by atoms with van der Waals surface area (Å²) in [7, 11) is 0. The monoisotopic (exact) mass is 1360 g/mol. The van der Waals surface area contributed by atoms with E-state index in [1.165, 1.54) is 0 Å². The van der Waals surface area contributed by atoms with E-state index in [-0.39, 0.29) is 65.8 Å². The van der Waals surface area contributed by atoms with Crippen LogP contribution in [0.3, 0.4) is 0 Å². The number of hydrogen-bond acceptors (Lipinski definition) is 2. The minimum Gasteiger partial charge on any atom is -0.310 e. The molecule has 18 aromatic rings. The molecule has 6 heteroatoms. The summed E-state index contributed by atoms with van der Waals surface area (Å²) in [5, 5.41) is 15.8. The largest absolute Gasteiger partial charge is 0.310 e. The summed E-state index contributed by atoms with van der Waals surface area (Å²) in [5.41, 5.74) is 13.9. The van der Waals surface area contributed by atoms with Gasteiger partial charge in [-0.2, -0.15) is 5.26 Å². The van der Waals surface area contributed by atoms with Crippen LogP contribution < -0.4 is 21.3 Å². The lowest BCUT2D eigenvalue weighted by molar-refractivity contribution is 0.569. The number of benzene rings is 15. The van der Waals surface area contributed by atoms with Crippen molar-refractivity contribution in [1.82, 2.24) is 13.7 Å². The Kier molecular flexibility index (Phi) is 10.8. The molecule has 20 rings (SSSR count). The maximum absolute atomic E-state index is 10.9. The van der Waals surface area contributed by atoms with Crippen LogP contribution in [0.5, 0.6) is 0 Å². The van der Waals surface area contributed by atoms with Crippen LogP contribution in [0.15, 0.2) is 327 Å². The van der Waals surface area contributed by atoms with Crippen LogP contribution in [0.2, 0.25) is 0 Å². The first-order valence-corrected chi connectivity index (χ1v) is 35.4. The molecular formula is C99H72BN5. The smallest absolute Gasteiger partial charge is 0.252 e. The predicted octanol–water partition coefficient (Wildman–Crippen LogP) is 24.2. The van der Waals surface area contributed by atoms with Gasteiger partial charge in [-0.3, -0.25) is 0 Å². The standard InChI is InChI=1S/C99H72BN5/c1-98(2,3)69-51-66(52-70(57-69)99(4,5)6)68-55-84-76-37-19-17-35-74(76)73-34-16-18-36-75(73)77-38-20-27-45-90(77)104-93-59-72(103-89-44-26-23-41-80(89)83-50-62(61-101)46-49-91(83)103)60-94-95(93)100(86(56-68)97(84)104)85-48-47-71(102-87-42-24-21-39-78(87)79-40-22-25-43-88(79)102)58-92(85)105(94)96-81(64-30-12-8-13-31-64)53-67(63-28-10-7-11-29-63)54-82(96)65-32-14-9-15-33-65/h7-60H,1-6H3/i21D,22D,23D,24D,25D,26D,39D,40D,41D,42D,43D,44D,46D,49D,50D. The van der Waals surface area contributed by atoms with E-state index in [9.17, 15) is 25.8 Å². The highest BCUT2D eigenvalue weighted by atomic mass is 15.2. The van der Waals surface area contributed by atoms with Crippen LogP contribution in [0.1, 0.15) is 78.8 Å². The molecular weight excluding hydrogens is 1270 g/mol. The second-order valence-electron chi connectivity index (χ2n) is 29.6. The Morgan fingerprint density at radius 3 is 1.36 bits per heavy atom. The van der Waals surface area contributed by atoms with E-state index in [0.717, 1.165) is 115 Å². The molecule has 3 aromatic heterocycles. The molecule has 0 unspecified atom stereocenters. The summed E-state index contributed by atoms with van der Waals surface area (Å²) < 4.78 is 151. The van der Waals surface area contributed by atoms with Crippen molar-refractivity contribution in [1.29, 1.82) is 5.26 Å². The molecule has 105 heavy (non-hydrogen) atoms. The first-order chi connectivity index (χ1) is 57.6. The van der Waals surface area contributed by atoms with Gasteiger partial charge in [-0.15, -0.1) is 0 Å². The maximum Gasteiger partial charge on any atom is 0.252 e. The van der Waals surface area contributed by atoms with Crippen molar-refractivity contribution in [3.63, 3.8) is 0 Å². The summed E-state index contributed by atoms with van der Waals surface area (Å²) in [5.74, 6) is 0. The summed E-state index contributed by atoms with van der Waals surface area (Å²) in [6, 6.07) is 74.9. The second-order valence-corrected chi connectivity index (χ2v) is 29.6. The van der Waals surface area contributed by atoms with Crippen molar-refractivity contribution in [2.75, 3.05) is 4.90 Å². The average molecular weight is 1360 g/mol. The third kappa shape index (κ3) is 9.69. The van der Waals surface area contributed by atoms with E-state index < -0.39 is 103 Å². The molecule has 15 aromatic carbocycles. The van der Waals surface area contributed by atoms with E-state index in [0.29, 0.717) is 22.7 Å². The third-order valence-corrected chi connectivity index (χ3v) is 21.4.